The summed E-state index contributed by atoms with van der Waals surface area (Å²) in [6, 6.07) is 0.406. The van der Waals surface area contributed by atoms with Crippen LogP contribution in [-0.4, -0.2) is 23.3 Å². The number of aromatic nitrogens is 2. The molecule has 14 heavy (non-hydrogen) atoms. The molecule has 0 saturated heterocycles. The van der Waals surface area contributed by atoms with Crippen LogP contribution in [0.25, 0.3) is 0 Å². The number of hydrogen-bond donors (Lipinski definition) is 1. The third-order valence-corrected chi connectivity index (χ3v) is 2.75. The van der Waals surface area contributed by atoms with E-state index in [1.807, 2.05) is 6.20 Å². The van der Waals surface area contributed by atoms with E-state index in [0.717, 1.165) is 24.2 Å². The predicted octanol–water partition coefficient (Wildman–Crippen LogP) is 2.71. The number of aromatic amines is 1. The summed E-state index contributed by atoms with van der Waals surface area (Å²) in [5, 5.41) is 0. The lowest BCUT2D eigenvalue weighted by atomic mass is 10.2. The summed E-state index contributed by atoms with van der Waals surface area (Å²) in [6.07, 6.45) is 3.99. The van der Waals surface area contributed by atoms with Crippen molar-refractivity contribution in [1.29, 1.82) is 0 Å². The number of nitrogens with zero attached hydrogens (tertiary/aromatic N) is 1. The molecule has 0 radical (unpaired) electrons. The van der Waals surface area contributed by atoms with Crippen molar-refractivity contribution in [1.82, 2.24) is 9.55 Å². The Morgan fingerprint density at radius 3 is 2.93 bits per heavy atom. The molecule has 4 heteroatoms. The highest BCUT2D eigenvalue weighted by atomic mass is 32.1. The molecule has 1 unspecified atom stereocenters. The molecule has 1 aromatic heterocycles. The summed E-state index contributed by atoms with van der Waals surface area (Å²) < 4.78 is 8.05. The molecule has 0 spiro atoms. The van der Waals surface area contributed by atoms with E-state index in [4.69, 9.17) is 17.0 Å². The number of H-pyrrole nitrogens is 1. The molecule has 0 aliphatic rings. The molecule has 80 valence electrons. The minimum absolute atomic E-state index is 0.406. The van der Waals surface area contributed by atoms with Crippen LogP contribution in [0.3, 0.4) is 0 Å². The molecule has 1 N–H and O–H groups in total. The highest BCUT2D eigenvalue weighted by Gasteiger charge is 2.09. The lowest BCUT2D eigenvalue weighted by Crippen LogP contribution is -2.10. The monoisotopic (exact) mass is 214 g/mol. The first-order chi connectivity index (χ1) is 6.70. The van der Waals surface area contributed by atoms with Crippen molar-refractivity contribution < 1.29 is 4.74 Å². The van der Waals surface area contributed by atoms with E-state index in [1.54, 1.807) is 7.11 Å². The van der Waals surface area contributed by atoms with Crippen LogP contribution < -0.4 is 0 Å². The van der Waals surface area contributed by atoms with Gasteiger partial charge in [0.2, 0.25) is 0 Å². The fourth-order valence-electron chi connectivity index (χ4n) is 1.59. The molecular formula is C10H18N2OS. The summed E-state index contributed by atoms with van der Waals surface area (Å²) in [5.74, 6) is 0. The molecule has 0 aliphatic carbocycles. The Hall–Kier alpha value is -0.610. The first-order valence-corrected chi connectivity index (χ1v) is 5.39. The van der Waals surface area contributed by atoms with Gasteiger partial charge in [-0.3, -0.25) is 0 Å². The van der Waals surface area contributed by atoms with Gasteiger partial charge in [-0.1, -0.05) is 6.92 Å². The molecule has 1 atom stereocenters. The summed E-state index contributed by atoms with van der Waals surface area (Å²) in [6.45, 7) is 5.08. The zero-order valence-electron chi connectivity index (χ0n) is 9.04. The molecule has 0 saturated carbocycles. The zero-order chi connectivity index (χ0) is 10.6. The largest absolute Gasteiger partial charge is 0.385 e. The zero-order valence-corrected chi connectivity index (χ0v) is 9.86. The van der Waals surface area contributed by atoms with Gasteiger partial charge < -0.3 is 14.3 Å². The number of hydrogen-bond acceptors (Lipinski definition) is 2. The van der Waals surface area contributed by atoms with Gasteiger partial charge in [0.25, 0.3) is 0 Å². The van der Waals surface area contributed by atoms with Crippen LogP contribution in [0.2, 0.25) is 0 Å². The van der Waals surface area contributed by atoms with Crippen LogP contribution in [-0.2, 0) is 11.2 Å². The first kappa shape index (κ1) is 11.5. The van der Waals surface area contributed by atoms with Gasteiger partial charge in [0, 0.05) is 31.6 Å². The first-order valence-electron chi connectivity index (χ1n) is 4.98. The van der Waals surface area contributed by atoms with Crippen LogP contribution in [0.15, 0.2) is 6.20 Å². The highest BCUT2D eigenvalue weighted by molar-refractivity contribution is 7.71. The average Bonchev–Trinajstić information content (AvgIpc) is 2.56. The summed E-state index contributed by atoms with van der Waals surface area (Å²) >= 11 is 5.23. The topological polar surface area (TPSA) is 29.9 Å². The maximum atomic E-state index is 5.23. The Balaban J connectivity index is 2.81. The van der Waals surface area contributed by atoms with Gasteiger partial charge in [0.15, 0.2) is 4.77 Å². The van der Waals surface area contributed by atoms with Crippen LogP contribution in [0.5, 0.6) is 0 Å². The molecule has 1 heterocycles. The summed E-state index contributed by atoms with van der Waals surface area (Å²) in [5.41, 5.74) is 1.26. The minimum atomic E-state index is 0.406. The van der Waals surface area contributed by atoms with Gasteiger partial charge in [-0.2, -0.15) is 0 Å². The van der Waals surface area contributed by atoms with Crippen molar-refractivity contribution in [2.24, 2.45) is 0 Å². The van der Waals surface area contributed by atoms with E-state index in [0.29, 0.717) is 6.04 Å². The summed E-state index contributed by atoms with van der Waals surface area (Å²) in [7, 11) is 1.73. The number of imidazole rings is 1. The molecule has 0 aromatic carbocycles. The number of rotatable bonds is 5. The number of methoxy groups -OCH3 is 1. The van der Waals surface area contributed by atoms with Crippen molar-refractivity contribution in [3.8, 4) is 0 Å². The van der Waals surface area contributed by atoms with Crippen LogP contribution in [0.1, 0.15) is 32.0 Å². The Kier molecular flexibility index (Phi) is 4.35. The second-order valence-electron chi connectivity index (χ2n) is 3.44. The fraction of sp³-hybridized carbons (Fsp3) is 0.700. The standard InChI is InChI=1S/C10H18N2OS/c1-4-9-7-11-10(14)12(9)8(2)5-6-13-3/h7-8H,4-6H2,1-3H3,(H,11,14). The number of ether oxygens (including phenoxy) is 1. The SMILES string of the molecule is CCc1c[nH]c(=S)n1C(C)CCOC. The Labute approximate surface area is 90.1 Å². The van der Waals surface area contributed by atoms with E-state index in [2.05, 4.69) is 23.4 Å². The van der Waals surface area contributed by atoms with Gasteiger partial charge in [0.1, 0.15) is 0 Å². The average molecular weight is 214 g/mol. The number of aryl methyl sites for hydroxylation is 1. The maximum Gasteiger partial charge on any atom is 0.177 e. The lowest BCUT2D eigenvalue weighted by Gasteiger charge is -2.15. The Bertz CT molecular complexity index is 329. The third kappa shape index (κ3) is 2.45. The summed E-state index contributed by atoms with van der Waals surface area (Å²) in [4.78, 5) is 3.08. The Morgan fingerprint density at radius 1 is 1.64 bits per heavy atom. The van der Waals surface area contributed by atoms with Crippen molar-refractivity contribution in [2.45, 2.75) is 32.7 Å². The smallest absolute Gasteiger partial charge is 0.177 e. The molecule has 1 aromatic rings. The quantitative estimate of drug-likeness (QED) is 0.764. The molecule has 0 amide bonds. The fourth-order valence-corrected chi connectivity index (χ4v) is 1.94. The lowest BCUT2D eigenvalue weighted by molar-refractivity contribution is 0.180. The number of nitrogens with one attached hydrogen (secondary N) is 1. The molecular weight excluding hydrogens is 196 g/mol. The highest BCUT2D eigenvalue weighted by Crippen LogP contribution is 2.15. The van der Waals surface area contributed by atoms with Gasteiger partial charge in [-0.15, -0.1) is 0 Å². The normalized spacial score (nSPS) is 13.1. The third-order valence-electron chi connectivity index (χ3n) is 2.43. The molecule has 0 fully saturated rings. The van der Waals surface area contributed by atoms with E-state index in [-0.39, 0.29) is 0 Å². The van der Waals surface area contributed by atoms with Gasteiger partial charge in [0.05, 0.1) is 0 Å². The van der Waals surface area contributed by atoms with E-state index >= 15 is 0 Å². The molecule has 0 bridgehead atoms. The predicted molar refractivity (Wildman–Crippen MR) is 60.2 cm³/mol. The van der Waals surface area contributed by atoms with E-state index in [9.17, 15) is 0 Å². The van der Waals surface area contributed by atoms with Crippen molar-refractivity contribution in [3.05, 3.63) is 16.7 Å². The molecule has 0 aliphatic heterocycles. The molecule has 3 nitrogen and oxygen atoms in total. The van der Waals surface area contributed by atoms with E-state index < -0.39 is 0 Å². The Morgan fingerprint density at radius 2 is 2.36 bits per heavy atom. The van der Waals surface area contributed by atoms with Crippen LogP contribution in [0, 0.1) is 4.77 Å². The van der Waals surface area contributed by atoms with Crippen molar-refractivity contribution in [3.63, 3.8) is 0 Å². The minimum Gasteiger partial charge on any atom is -0.385 e. The van der Waals surface area contributed by atoms with E-state index in [1.165, 1.54) is 5.69 Å². The van der Waals surface area contributed by atoms with Crippen molar-refractivity contribution in [2.75, 3.05) is 13.7 Å². The van der Waals surface area contributed by atoms with Gasteiger partial charge >= 0.3 is 0 Å². The maximum absolute atomic E-state index is 5.23. The van der Waals surface area contributed by atoms with Gasteiger partial charge in [-0.25, -0.2) is 0 Å². The second kappa shape index (κ2) is 5.32. The van der Waals surface area contributed by atoms with Crippen molar-refractivity contribution >= 4 is 12.2 Å². The molecule has 1 rings (SSSR count). The van der Waals surface area contributed by atoms with Crippen LogP contribution >= 0.6 is 12.2 Å². The second-order valence-corrected chi connectivity index (χ2v) is 3.83. The van der Waals surface area contributed by atoms with Crippen LogP contribution in [0.4, 0.5) is 0 Å². The van der Waals surface area contributed by atoms with Gasteiger partial charge in [-0.05, 0) is 32.0 Å².